The average molecular weight is 457 g/mol. The number of rotatable bonds is 5. The van der Waals surface area contributed by atoms with Gasteiger partial charge in [-0.25, -0.2) is 4.68 Å². The third-order valence-electron chi connectivity index (χ3n) is 6.59. The number of amidine groups is 2. The van der Waals surface area contributed by atoms with E-state index < -0.39 is 0 Å². The number of nitrogens with two attached hydrogens (primary N) is 1. The molecule has 5 rings (SSSR count). The van der Waals surface area contributed by atoms with Crippen molar-refractivity contribution in [2.75, 3.05) is 26.2 Å². The van der Waals surface area contributed by atoms with E-state index in [4.69, 9.17) is 22.1 Å². The van der Waals surface area contributed by atoms with Crippen LogP contribution in [-0.2, 0) is 17.7 Å². The largest absolute Gasteiger partial charge is 0.385 e. The maximum Gasteiger partial charge on any atom is 0.135 e. The fourth-order valence-corrected chi connectivity index (χ4v) is 5.06. The van der Waals surface area contributed by atoms with Crippen LogP contribution in [-0.4, -0.2) is 80.9 Å². The topological polar surface area (TPSA) is 97.2 Å². The van der Waals surface area contributed by atoms with Crippen LogP contribution in [0.2, 0.25) is 5.02 Å². The number of benzene rings is 1. The molecule has 2 aromatic rings. The molecule has 3 aliphatic heterocycles. The standard InChI is InChI=1S/C22H29ClN8O/c23-17-3-1-16(2-4-17)11-19-15-32-20(13-30-10-7-25-28-30)14-31(19)18-5-8-29(9-6-18)22-12-21(24)26-27-22/h1-4,7,10,18-20H,5-6,8-9,11-15H2,(H2,24,26)/t19-,20-/m0/s1. The molecule has 2 atom stereocenters. The Labute approximate surface area is 192 Å². The van der Waals surface area contributed by atoms with Crippen LogP contribution in [0.5, 0.6) is 0 Å². The minimum Gasteiger partial charge on any atom is -0.385 e. The van der Waals surface area contributed by atoms with Crippen molar-refractivity contribution in [3.63, 3.8) is 0 Å². The molecule has 1 aromatic carbocycles. The van der Waals surface area contributed by atoms with E-state index in [1.165, 1.54) is 5.56 Å². The molecular weight excluding hydrogens is 428 g/mol. The van der Waals surface area contributed by atoms with E-state index >= 15 is 0 Å². The third kappa shape index (κ3) is 4.95. The molecule has 170 valence electrons. The molecule has 0 bridgehead atoms. The van der Waals surface area contributed by atoms with Crippen molar-refractivity contribution in [3.05, 3.63) is 47.2 Å². The van der Waals surface area contributed by atoms with Crippen molar-refractivity contribution < 1.29 is 4.74 Å². The minimum atomic E-state index is 0.101. The molecule has 32 heavy (non-hydrogen) atoms. The van der Waals surface area contributed by atoms with Gasteiger partial charge in [0.25, 0.3) is 0 Å². The summed E-state index contributed by atoms with van der Waals surface area (Å²) in [6.07, 6.45) is 7.50. The maximum absolute atomic E-state index is 6.28. The second kappa shape index (κ2) is 9.56. The smallest absolute Gasteiger partial charge is 0.135 e. The van der Waals surface area contributed by atoms with E-state index in [9.17, 15) is 0 Å². The minimum absolute atomic E-state index is 0.101. The first-order valence-corrected chi connectivity index (χ1v) is 11.6. The molecule has 4 heterocycles. The number of piperidine rings is 1. The predicted octanol–water partition coefficient (Wildman–Crippen LogP) is 1.78. The molecule has 2 fully saturated rings. The van der Waals surface area contributed by atoms with Gasteiger partial charge in [-0.3, -0.25) is 4.90 Å². The fraction of sp³-hybridized carbons (Fsp3) is 0.545. The van der Waals surface area contributed by atoms with Gasteiger partial charge in [0, 0.05) is 42.9 Å². The summed E-state index contributed by atoms with van der Waals surface area (Å²) in [6, 6.07) is 9.01. The summed E-state index contributed by atoms with van der Waals surface area (Å²) < 4.78 is 8.13. The van der Waals surface area contributed by atoms with Crippen molar-refractivity contribution in [3.8, 4) is 0 Å². The quantitative estimate of drug-likeness (QED) is 0.736. The maximum atomic E-state index is 6.28. The Morgan fingerprint density at radius 3 is 2.62 bits per heavy atom. The van der Waals surface area contributed by atoms with Crippen LogP contribution in [0.25, 0.3) is 0 Å². The van der Waals surface area contributed by atoms with Crippen LogP contribution in [0.4, 0.5) is 0 Å². The highest BCUT2D eigenvalue weighted by Crippen LogP contribution is 2.26. The number of likely N-dealkylation sites (tertiary alicyclic amines) is 1. The Kier molecular flexibility index (Phi) is 6.38. The predicted molar refractivity (Wildman–Crippen MR) is 124 cm³/mol. The van der Waals surface area contributed by atoms with Gasteiger partial charge in [0.05, 0.1) is 31.9 Å². The highest BCUT2D eigenvalue weighted by Gasteiger charge is 2.36. The van der Waals surface area contributed by atoms with E-state index in [0.717, 1.165) is 56.3 Å². The molecule has 0 spiro atoms. The molecule has 0 saturated carbocycles. The summed E-state index contributed by atoms with van der Waals surface area (Å²) in [5.74, 6) is 1.61. The Balaban J connectivity index is 1.26. The van der Waals surface area contributed by atoms with Crippen molar-refractivity contribution >= 4 is 23.3 Å². The van der Waals surface area contributed by atoms with Gasteiger partial charge in [-0.05, 0) is 37.0 Å². The second-order valence-corrected chi connectivity index (χ2v) is 9.20. The van der Waals surface area contributed by atoms with Crippen molar-refractivity contribution in [1.29, 1.82) is 0 Å². The second-order valence-electron chi connectivity index (χ2n) is 8.76. The average Bonchev–Trinajstić information content (AvgIpc) is 3.48. The van der Waals surface area contributed by atoms with Crippen molar-refractivity contribution in [2.45, 2.75) is 50.4 Å². The Bertz CT molecular complexity index is 953. The first-order chi connectivity index (χ1) is 15.6. The third-order valence-corrected chi connectivity index (χ3v) is 6.84. The van der Waals surface area contributed by atoms with Gasteiger partial charge in [0.1, 0.15) is 11.7 Å². The zero-order chi connectivity index (χ0) is 21.9. The Hall–Kier alpha value is -2.49. The summed E-state index contributed by atoms with van der Waals surface area (Å²) in [6.45, 7) is 4.27. The van der Waals surface area contributed by atoms with E-state index in [-0.39, 0.29) is 6.10 Å². The van der Waals surface area contributed by atoms with Crippen LogP contribution in [0.1, 0.15) is 24.8 Å². The molecule has 0 radical (unpaired) electrons. The molecule has 10 heteroatoms. The summed E-state index contributed by atoms with van der Waals surface area (Å²) in [4.78, 5) is 5.00. The molecule has 3 aliphatic rings. The van der Waals surface area contributed by atoms with Crippen LogP contribution < -0.4 is 5.73 Å². The highest BCUT2D eigenvalue weighted by atomic mass is 35.5. The lowest BCUT2D eigenvalue weighted by atomic mass is 9.96. The van der Waals surface area contributed by atoms with Gasteiger partial charge in [-0.1, -0.05) is 28.9 Å². The normalized spacial score (nSPS) is 25.1. The first kappa shape index (κ1) is 21.4. The van der Waals surface area contributed by atoms with Gasteiger partial charge in [-0.2, -0.15) is 0 Å². The van der Waals surface area contributed by atoms with Crippen LogP contribution >= 0.6 is 11.6 Å². The fourth-order valence-electron chi connectivity index (χ4n) is 4.93. The van der Waals surface area contributed by atoms with E-state index in [0.29, 0.717) is 30.9 Å². The SMILES string of the molecule is NC1=NN=C(N2CCC(N3C[C@H](Cn4ccnn4)OC[C@@H]3Cc3ccc(Cl)cc3)CC2)C1. The molecule has 0 unspecified atom stereocenters. The highest BCUT2D eigenvalue weighted by molar-refractivity contribution is 6.30. The lowest BCUT2D eigenvalue weighted by Gasteiger charge is -2.47. The van der Waals surface area contributed by atoms with E-state index in [2.05, 4.69) is 42.4 Å². The zero-order valence-electron chi connectivity index (χ0n) is 18.1. The van der Waals surface area contributed by atoms with E-state index in [1.807, 2.05) is 23.0 Å². The lowest BCUT2D eigenvalue weighted by molar-refractivity contribution is -0.0911. The summed E-state index contributed by atoms with van der Waals surface area (Å²) >= 11 is 6.09. The lowest BCUT2D eigenvalue weighted by Crippen LogP contribution is -2.58. The van der Waals surface area contributed by atoms with Crippen molar-refractivity contribution in [1.82, 2.24) is 24.8 Å². The molecule has 0 aliphatic carbocycles. The number of halogens is 1. The van der Waals surface area contributed by atoms with Gasteiger partial charge < -0.3 is 15.4 Å². The summed E-state index contributed by atoms with van der Waals surface area (Å²) in [7, 11) is 0. The van der Waals surface area contributed by atoms with E-state index in [1.54, 1.807) is 6.20 Å². The van der Waals surface area contributed by atoms with Gasteiger partial charge in [0.2, 0.25) is 0 Å². The van der Waals surface area contributed by atoms with Gasteiger partial charge in [0.15, 0.2) is 0 Å². The van der Waals surface area contributed by atoms with Gasteiger partial charge in [-0.15, -0.1) is 15.3 Å². The number of aromatic nitrogens is 3. The number of hydrogen-bond acceptors (Lipinski definition) is 8. The molecule has 9 nitrogen and oxygen atoms in total. The first-order valence-electron chi connectivity index (χ1n) is 11.2. The van der Waals surface area contributed by atoms with Crippen LogP contribution in [0.3, 0.4) is 0 Å². The summed E-state index contributed by atoms with van der Waals surface area (Å²) in [5.41, 5.74) is 7.10. The zero-order valence-corrected chi connectivity index (χ0v) is 18.8. The number of hydrogen-bond donors (Lipinski definition) is 1. The molecule has 0 amide bonds. The molecule has 2 N–H and O–H groups in total. The number of ether oxygens (including phenoxy) is 1. The van der Waals surface area contributed by atoms with Gasteiger partial charge >= 0.3 is 0 Å². The number of nitrogens with zero attached hydrogens (tertiary/aromatic N) is 7. The van der Waals surface area contributed by atoms with Crippen molar-refractivity contribution in [2.24, 2.45) is 15.9 Å². The van der Waals surface area contributed by atoms with Crippen LogP contribution in [0.15, 0.2) is 46.9 Å². The summed E-state index contributed by atoms with van der Waals surface area (Å²) in [5, 5.41) is 17.1. The monoisotopic (exact) mass is 456 g/mol. The Morgan fingerprint density at radius 2 is 1.94 bits per heavy atom. The molecular formula is C22H29ClN8O. The Morgan fingerprint density at radius 1 is 1.12 bits per heavy atom. The molecule has 1 aromatic heterocycles. The number of morpholine rings is 1. The van der Waals surface area contributed by atoms with Crippen LogP contribution in [0, 0.1) is 0 Å². The molecule has 2 saturated heterocycles.